The number of nitrogens with two attached hydrogens (primary N) is 1. The molecule has 0 aromatic heterocycles. The molecule has 1 heterocycles. The van der Waals surface area contributed by atoms with Crippen molar-refractivity contribution in [1.82, 2.24) is 5.32 Å². The first-order valence-corrected chi connectivity index (χ1v) is 12.9. The van der Waals surface area contributed by atoms with Crippen LogP contribution in [0.2, 0.25) is 0 Å². The minimum absolute atomic E-state index is 0.0990. The molecule has 8 heteroatoms. The van der Waals surface area contributed by atoms with Crippen LogP contribution in [0.25, 0.3) is 0 Å². The summed E-state index contributed by atoms with van der Waals surface area (Å²) in [5.74, 6) is 0.0688. The Morgan fingerprint density at radius 3 is 2.42 bits per heavy atom. The molecule has 4 N–H and O–H groups in total. The van der Waals surface area contributed by atoms with Crippen molar-refractivity contribution in [3.63, 3.8) is 0 Å². The van der Waals surface area contributed by atoms with Crippen molar-refractivity contribution in [2.24, 2.45) is 5.73 Å². The number of benzene rings is 3. The summed E-state index contributed by atoms with van der Waals surface area (Å²) in [7, 11) is 0. The van der Waals surface area contributed by atoms with Gasteiger partial charge in [0, 0.05) is 30.7 Å². The van der Waals surface area contributed by atoms with E-state index in [0.717, 1.165) is 16.8 Å². The van der Waals surface area contributed by atoms with Crippen molar-refractivity contribution in [3.8, 4) is 5.75 Å². The molecular weight excluding hydrogens is 480 g/mol. The first-order chi connectivity index (χ1) is 18.4. The fraction of sp³-hybridized carbons (Fsp3) is 0.333. The monoisotopic (exact) mass is 516 g/mol. The highest BCUT2D eigenvalue weighted by Crippen LogP contribution is 2.32. The summed E-state index contributed by atoms with van der Waals surface area (Å²) in [5.41, 5.74) is 9.55. The molecular formula is C30H36N4O4. The molecule has 0 bridgehead atoms. The standard InChI is InChI=1S/C30H36N4O4/c1-20-18-37-19-21(2)34(20)28-13-12-25(30(36)32-17-24-9-7-8-23(14-24)16-31)15-27(28)33-29(35)22(3)38-26-10-5-4-6-11-26/h4-15,20-22H,16-19,31H2,1-3H3,(H,32,36)(H,33,35). The van der Waals surface area contributed by atoms with E-state index in [0.29, 0.717) is 43.3 Å². The number of nitrogens with one attached hydrogen (secondary N) is 2. The van der Waals surface area contributed by atoms with Gasteiger partial charge in [-0.2, -0.15) is 0 Å². The average Bonchev–Trinajstić information content (AvgIpc) is 2.93. The largest absolute Gasteiger partial charge is 0.481 e. The van der Waals surface area contributed by atoms with Crippen LogP contribution >= 0.6 is 0 Å². The van der Waals surface area contributed by atoms with Gasteiger partial charge in [-0.15, -0.1) is 0 Å². The van der Waals surface area contributed by atoms with Gasteiger partial charge in [-0.3, -0.25) is 9.59 Å². The zero-order valence-electron chi connectivity index (χ0n) is 22.1. The molecule has 1 saturated heterocycles. The summed E-state index contributed by atoms with van der Waals surface area (Å²) in [6, 6.07) is 22.6. The molecule has 3 atom stereocenters. The lowest BCUT2D eigenvalue weighted by atomic mass is 10.1. The van der Waals surface area contributed by atoms with Gasteiger partial charge in [0.25, 0.3) is 11.8 Å². The van der Waals surface area contributed by atoms with Crippen LogP contribution in [0.15, 0.2) is 72.8 Å². The highest BCUT2D eigenvalue weighted by atomic mass is 16.5. The zero-order valence-corrected chi connectivity index (χ0v) is 22.1. The van der Waals surface area contributed by atoms with Crippen LogP contribution in [-0.2, 0) is 22.6 Å². The number of rotatable bonds is 9. The third kappa shape index (κ3) is 6.70. The maximum absolute atomic E-state index is 13.2. The van der Waals surface area contributed by atoms with E-state index in [2.05, 4.69) is 29.4 Å². The van der Waals surface area contributed by atoms with Gasteiger partial charge in [0.15, 0.2) is 6.10 Å². The van der Waals surface area contributed by atoms with E-state index in [4.69, 9.17) is 15.2 Å². The second-order valence-electron chi connectivity index (χ2n) is 9.64. The Balaban J connectivity index is 1.56. The number of amides is 2. The van der Waals surface area contributed by atoms with Gasteiger partial charge in [-0.1, -0.05) is 42.5 Å². The molecule has 0 aliphatic carbocycles. The van der Waals surface area contributed by atoms with Crippen LogP contribution in [0.4, 0.5) is 11.4 Å². The average molecular weight is 517 g/mol. The summed E-state index contributed by atoms with van der Waals surface area (Å²) in [5, 5.41) is 5.98. The van der Waals surface area contributed by atoms with Gasteiger partial charge >= 0.3 is 0 Å². The third-order valence-corrected chi connectivity index (χ3v) is 6.57. The quantitative estimate of drug-likeness (QED) is 0.396. The van der Waals surface area contributed by atoms with Crippen molar-refractivity contribution in [2.45, 2.75) is 52.0 Å². The number of para-hydroxylation sites is 1. The van der Waals surface area contributed by atoms with Crippen molar-refractivity contribution >= 4 is 23.2 Å². The van der Waals surface area contributed by atoms with Crippen LogP contribution in [-0.4, -0.2) is 43.2 Å². The van der Waals surface area contributed by atoms with Crippen LogP contribution in [0.5, 0.6) is 5.75 Å². The summed E-state index contributed by atoms with van der Waals surface area (Å²) < 4.78 is 11.5. The number of hydrogen-bond donors (Lipinski definition) is 3. The van der Waals surface area contributed by atoms with Gasteiger partial charge in [-0.05, 0) is 62.2 Å². The summed E-state index contributed by atoms with van der Waals surface area (Å²) >= 11 is 0. The molecule has 38 heavy (non-hydrogen) atoms. The van der Waals surface area contributed by atoms with E-state index in [1.807, 2.05) is 48.5 Å². The van der Waals surface area contributed by atoms with E-state index in [9.17, 15) is 9.59 Å². The number of ether oxygens (including phenoxy) is 2. The highest BCUT2D eigenvalue weighted by molar-refractivity contribution is 6.01. The molecule has 8 nitrogen and oxygen atoms in total. The van der Waals surface area contributed by atoms with E-state index < -0.39 is 6.10 Å². The van der Waals surface area contributed by atoms with Crippen molar-refractivity contribution < 1.29 is 19.1 Å². The minimum Gasteiger partial charge on any atom is -0.481 e. The van der Waals surface area contributed by atoms with Crippen LogP contribution < -0.4 is 26.0 Å². The molecule has 0 saturated carbocycles. The fourth-order valence-electron chi connectivity index (χ4n) is 4.62. The zero-order chi connectivity index (χ0) is 27.1. The number of carbonyl (C=O) groups is 2. The number of morpholine rings is 1. The van der Waals surface area contributed by atoms with Crippen LogP contribution in [0, 0.1) is 0 Å². The Morgan fingerprint density at radius 1 is 1.00 bits per heavy atom. The molecule has 1 aliphatic rings. The highest BCUT2D eigenvalue weighted by Gasteiger charge is 2.29. The first-order valence-electron chi connectivity index (χ1n) is 12.9. The second-order valence-corrected chi connectivity index (χ2v) is 9.64. The topological polar surface area (TPSA) is 106 Å². The lowest BCUT2D eigenvalue weighted by molar-refractivity contribution is -0.122. The Labute approximate surface area is 224 Å². The molecule has 0 radical (unpaired) electrons. The number of nitrogens with zero attached hydrogens (tertiary/aromatic N) is 1. The first kappa shape index (κ1) is 27.2. The van der Waals surface area contributed by atoms with E-state index in [1.54, 1.807) is 31.2 Å². The summed E-state index contributed by atoms with van der Waals surface area (Å²) in [4.78, 5) is 28.5. The van der Waals surface area contributed by atoms with Crippen molar-refractivity contribution in [3.05, 3.63) is 89.5 Å². The van der Waals surface area contributed by atoms with E-state index in [1.165, 1.54) is 0 Å². The van der Waals surface area contributed by atoms with Crippen molar-refractivity contribution in [1.29, 1.82) is 0 Å². The summed E-state index contributed by atoms with van der Waals surface area (Å²) in [6.45, 7) is 7.84. The maximum Gasteiger partial charge on any atom is 0.265 e. The molecule has 2 amide bonds. The lowest BCUT2D eigenvalue weighted by Gasteiger charge is -2.41. The fourth-order valence-corrected chi connectivity index (χ4v) is 4.62. The van der Waals surface area contributed by atoms with Crippen LogP contribution in [0.1, 0.15) is 42.3 Å². The molecule has 1 fully saturated rings. The Morgan fingerprint density at radius 2 is 1.71 bits per heavy atom. The number of carbonyl (C=O) groups excluding carboxylic acids is 2. The molecule has 1 aliphatic heterocycles. The predicted octanol–water partition coefficient (Wildman–Crippen LogP) is 4.09. The van der Waals surface area contributed by atoms with Gasteiger partial charge in [0.2, 0.25) is 0 Å². The van der Waals surface area contributed by atoms with E-state index >= 15 is 0 Å². The van der Waals surface area contributed by atoms with Crippen molar-refractivity contribution in [2.75, 3.05) is 23.4 Å². The molecule has 4 rings (SSSR count). The number of anilines is 2. The lowest BCUT2D eigenvalue weighted by Crippen LogP contribution is -2.50. The van der Waals surface area contributed by atoms with Gasteiger partial charge in [0.1, 0.15) is 5.75 Å². The third-order valence-electron chi connectivity index (χ3n) is 6.57. The second kappa shape index (κ2) is 12.6. The normalized spacial score (nSPS) is 17.9. The molecule has 0 spiro atoms. The van der Waals surface area contributed by atoms with E-state index in [-0.39, 0.29) is 23.9 Å². The number of hydrogen-bond acceptors (Lipinski definition) is 6. The maximum atomic E-state index is 13.2. The Kier molecular flexibility index (Phi) is 8.99. The molecule has 3 aromatic carbocycles. The smallest absolute Gasteiger partial charge is 0.265 e. The Bertz CT molecular complexity index is 1240. The predicted molar refractivity (Wildman–Crippen MR) is 149 cm³/mol. The molecule has 3 aromatic rings. The SMILES string of the molecule is CC(Oc1ccccc1)C(=O)Nc1cc(C(=O)NCc2cccc(CN)c2)ccc1N1C(C)COCC1C. The Hall–Kier alpha value is -3.88. The molecule has 3 unspecified atom stereocenters. The van der Waals surface area contributed by atoms with Crippen LogP contribution in [0.3, 0.4) is 0 Å². The van der Waals surface area contributed by atoms with Gasteiger partial charge < -0.3 is 30.7 Å². The van der Waals surface area contributed by atoms with Gasteiger partial charge in [-0.25, -0.2) is 0 Å². The summed E-state index contributed by atoms with van der Waals surface area (Å²) in [6.07, 6.45) is -0.739. The minimum atomic E-state index is -0.739. The molecule has 200 valence electrons. The van der Waals surface area contributed by atoms with Gasteiger partial charge in [0.05, 0.1) is 24.6 Å².